The van der Waals surface area contributed by atoms with Gasteiger partial charge in [-0.2, -0.15) is 19.6 Å². The summed E-state index contributed by atoms with van der Waals surface area (Å²) in [5.41, 5.74) is 7.27. The Bertz CT molecular complexity index is 1880. The maximum Gasteiger partial charge on any atom is 4.00 e. The molecule has 0 radical (unpaired) electrons. The fourth-order valence-electron chi connectivity index (χ4n) is 2.82. The molecule has 0 aliphatic rings. The molecule has 0 aliphatic carbocycles. The summed E-state index contributed by atoms with van der Waals surface area (Å²) < 4.78 is 0. The molecule has 5 heterocycles. The van der Waals surface area contributed by atoms with Crippen molar-refractivity contribution in [3.05, 3.63) is 134 Å². The zero-order chi connectivity index (χ0) is 39.4. The Morgan fingerprint density at radius 2 is 0.655 bits per heavy atom. The molecule has 25 nitrogen and oxygen atoms in total. The zero-order valence-corrected chi connectivity index (χ0v) is 30.4. The molecular formula is C29H25CeN9O16. The van der Waals surface area contributed by atoms with Gasteiger partial charge in [0.25, 0.3) is 0 Å². The van der Waals surface area contributed by atoms with Crippen LogP contribution in [0.5, 0.6) is 0 Å². The predicted octanol–water partition coefficient (Wildman–Crippen LogP) is -10.7. The van der Waals surface area contributed by atoms with E-state index in [4.69, 9.17) is 11.5 Å². The molecule has 12 N–H and O–H groups in total. The van der Waals surface area contributed by atoms with Gasteiger partial charge >= 0.3 is 53.1 Å². The quantitative estimate of drug-likeness (QED) is 0.123. The molecule has 0 saturated carbocycles. The van der Waals surface area contributed by atoms with Gasteiger partial charge in [-0.15, -0.1) is 0 Å². The number of aromatic carboxylic acids is 6. The van der Waals surface area contributed by atoms with E-state index < -0.39 is 70.0 Å². The number of carbonyl (C=O) groups is 6. The number of pyridine rings is 3. The molecule has 286 valence electrons. The minimum Gasteiger partial charge on any atom is -0.543 e. The van der Waals surface area contributed by atoms with Crippen LogP contribution in [0.25, 0.3) is 0 Å². The number of aromatic nitrogens is 7. The number of anilines is 2. The van der Waals surface area contributed by atoms with Crippen LogP contribution in [-0.4, -0.2) is 71.7 Å². The van der Waals surface area contributed by atoms with Gasteiger partial charge in [-0.1, -0.05) is 18.2 Å². The minimum atomic E-state index is -1.52. The summed E-state index contributed by atoms with van der Waals surface area (Å²) in [4.78, 5) is 101. The van der Waals surface area contributed by atoms with Crippen LogP contribution >= 0.6 is 0 Å². The molecule has 0 unspecified atom stereocenters. The first-order chi connectivity index (χ1) is 24.4. The van der Waals surface area contributed by atoms with Gasteiger partial charge in [0.15, 0.2) is 11.6 Å². The Kier molecular flexibility index (Phi) is 25.4. The zero-order valence-electron chi connectivity index (χ0n) is 27.2. The Labute approximate surface area is 338 Å². The van der Waals surface area contributed by atoms with Crippen molar-refractivity contribution in [1.82, 2.24) is 24.9 Å². The van der Waals surface area contributed by atoms with Gasteiger partial charge in [-0.3, -0.25) is 0 Å². The number of carboxylic acids is 6. The number of aromatic amines is 4. The summed E-state index contributed by atoms with van der Waals surface area (Å²) >= 11 is 0. The molecule has 0 bridgehead atoms. The SMILES string of the molecule is Nc1cc[nH+]c(=O)[nH]1.Nc1cc[nH+]c(=O)[nH]1.O.O.O=C([O-])c1cccc(C(=O)[O-])n1.O=C([O-])c1cccc(C(=O)[O-])n1.O=C([O-])c1cccc(C(=O)[O-])n1.[Ce+4]. The molecule has 26 heteroatoms. The van der Waals surface area contributed by atoms with Gasteiger partial charge in [-0.05, 0) is 36.4 Å². The van der Waals surface area contributed by atoms with E-state index in [-0.39, 0.29) is 64.1 Å². The molecule has 0 fully saturated rings. The van der Waals surface area contributed by atoms with Crippen molar-refractivity contribution in [2.75, 3.05) is 11.5 Å². The molecule has 0 spiro atoms. The second-order valence-electron chi connectivity index (χ2n) is 8.72. The van der Waals surface area contributed by atoms with Crippen LogP contribution in [0.15, 0.2) is 88.7 Å². The second kappa shape index (κ2) is 26.7. The number of carbonyl (C=O) groups excluding carboxylic acids is 6. The van der Waals surface area contributed by atoms with Crippen molar-refractivity contribution in [2.24, 2.45) is 0 Å². The van der Waals surface area contributed by atoms with E-state index >= 15 is 0 Å². The Morgan fingerprint density at radius 3 is 0.782 bits per heavy atom. The number of nitrogen functional groups attached to an aromatic ring is 2. The number of carboxylic acid groups (broad SMARTS) is 6. The predicted molar refractivity (Wildman–Crippen MR) is 162 cm³/mol. The van der Waals surface area contributed by atoms with Crippen LogP contribution in [0.2, 0.25) is 0 Å². The van der Waals surface area contributed by atoms with Crippen molar-refractivity contribution >= 4 is 47.5 Å². The summed E-state index contributed by atoms with van der Waals surface area (Å²) in [5.74, 6) is -8.36. The average molecular weight is 896 g/mol. The number of H-pyrrole nitrogens is 4. The third-order valence-corrected chi connectivity index (χ3v) is 4.97. The molecule has 5 aromatic heterocycles. The first kappa shape index (κ1) is 52.3. The van der Waals surface area contributed by atoms with Gasteiger partial charge in [0.05, 0.1) is 82.4 Å². The molecule has 0 saturated heterocycles. The van der Waals surface area contributed by atoms with Gasteiger partial charge in [0.1, 0.15) is 0 Å². The van der Waals surface area contributed by atoms with E-state index in [2.05, 4.69) is 34.9 Å². The third kappa shape index (κ3) is 21.1. The molecule has 5 aromatic rings. The molecule has 0 aliphatic heterocycles. The van der Waals surface area contributed by atoms with E-state index in [1.54, 1.807) is 12.1 Å². The molecule has 55 heavy (non-hydrogen) atoms. The second-order valence-corrected chi connectivity index (χ2v) is 8.72. The monoisotopic (exact) mass is 895 g/mol. The number of nitrogens with one attached hydrogen (secondary N) is 4. The number of rotatable bonds is 6. The summed E-state index contributed by atoms with van der Waals surface area (Å²) in [7, 11) is 0. The fourth-order valence-corrected chi connectivity index (χ4v) is 2.82. The van der Waals surface area contributed by atoms with E-state index in [0.29, 0.717) is 11.6 Å². The van der Waals surface area contributed by atoms with Crippen molar-refractivity contribution in [1.29, 1.82) is 0 Å². The maximum absolute atomic E-state index is 10.3. The van der Waals surface area contributed by atoms with Crippen LogP contribution in [0.4, 0.5) is 11.6 Å². The number of hydrogen-bond acceptors (Lipinski definition) is 19. The summed E-state index contributed by atoms with van der Waals surface area (Å²) in [5, 5.41) is 61.1. The topological polar surface area (TPSA) is 488 Å². The Morgan fingerprint density at radius 1 is 0.455 bits per heavy atom. The van der Waals surface area contributed by atoms with Crippen molar-refractivity contribution < 1.29 is 122 Å². The molecule has 0 atom stereocenters. The van der Waals surface area contributed by atoms with E-state index in [1.165, 1.54) is 30.6 Å². The van der Waals surface area contributed by atoms with Gasteiger partial charge in [0, 0.05) is 12.1 Å². The Balaban J connectivity index is -0.000000612. The van der Waals surface area contributed by atoms with Crippen molar-refractivity contribution in [2.45, 2.75) is 0 Å². The van der Waals surface area contributed by atoms with Gasteiger partial charge in [0.2, 0.25) is 0 Å². The van der Waals surface area contributed by atoms with E-state index in [9.17, 15) is 69.0 Å². The van der Waals surface area contributed by atoms with Crippen LogP contribution in [0.1, 0.15) is 62.9 Å². The largest absolute Gasteiger partial charge is 4.00 e. The van der Waals surface area contributed by atoms with E-state index in [1.807, 2.05) is 0 Å². The summed E-state index contributed by atoms with van der Waals surface area (Å²) in [6, 6.07) is 13.7. The summed E-state index contributed by atoms with van der Waals surface area (Å²) in [6.45, 7) is 0. The maximum atomic E-state index is 10.3. The smallest absolute Gasteiger partial charge is 0.543 e. The molecule has 0 aromatic carbocycles. The first-order valence-electron chi connectivity index (χ1n) is 13.3. The van der Waals surface area contributed by atoms with Crippen LogP contribution in [0, 0.1) is 41.7 Å². The number of hydrogen-bond donors (Lipinski definition) is 4. The first-order valence-corrected chi connectivity index (χ1v) is 13.3. The molecule has 5 rings (SSSR count). The number of nitrogens with two attached hydrogens (primary N) is 2. The average Bonchev–Trinajstić information content (AvgIpc) is 3.09. The van der Waals surface area contributed by atoms with Crippen LogP contribution < -0.4 is 63.5 Å². The van der Waals surface area contributed by atoms with E-state index in [0.717, 1.165) is 36.4 Å². The van der Waals surface area contributed by atoms with Crippen LogP contribution in [0.3, 0.4) is 0 Å². The Hall–Kier alpha value is -7.07. The molecular weight excluding hydrogens is 870 g/mol. The summed E-state index contributed by atoms with van der Waals surface area (Å²) in [6.07, 6.45) is 2.96. The fraction of sp³-hybridized carbons (Fsp3) is 0. The number of nitrogens with zero attached hydrogens (tertiary/aromatic N) is 3. The standard InChI is InChI=1S/3C7H5NO4.2C4H5N3O.Ce.2H2O/c3*9-6(10)4-2-1-3-5(8-4)7(11)12;2*5-3-1-2-6-4(8)7-3;;;/h3*1-3H,(H,9,10)(H,11,12);2*1-2H,(H3,5,6,7,8);;2*1H2/q;;;;;+4;;/p-4. The normalized spacial score (nSPS) is 8.73. The van der Waals surface area contributed by atoms with Crippen molar-refractivity contribution in [3.63, 3.8) is 0 Å². The van der Waals surface area contributed by atoms with Crippen LogP contribution in [-0.2, 0) is 0 Å². The van der Waals surface area contributed by atoms with Gasteiger partial charge < -0.3 is 81.8 Å². The minimum absolute atomic E-state index is 0. The van der Waals surface area contributed by atoms with Gasteiger partial charge in [-0.25, -0.2) is 24.9 Å². The third-order valence-electron chi connectivity index (χ3n) is 4.97. The molecule has 0 amide bonds. The van der Waals surface area contributed by atoms with Crippen molar-refractivity contribution in [3.8, 4) is 0 Å².